The normalized spacial score (nSPS) is 14.5. The van der Waals surface area contributed by atoms with Crippen LogP contribution in [0.2, 0.25) is 0 Å². The van der Waals surface area contributed by atoms with Gasteiger partial charge in [-0.2, -0.15) is 9.78 Å². The maximum Gasteiger partial charge on any atom is 0.235 e. The molecule has 1 aromatic carbocycles. The minimum atomic E-state index is -0.0965. The third-order valence-electron chi connectivity index (χ3n) is 5.03. The van der Waals surface area contributed by atoms with E-state index in [2.05, 4.69) is 25.9 Å². The third kappa shape index (κ3) is 3.80. The lowest BCUT2D eigenvalue weighted by Gasteiger charge is -2.14. The SMILES string of the molecule is Cc1cccc(C)c1-n1nnnc1SCC(=O)Nc1ccnn1C1CCCC1. The average Bonchev–Trinajstić information content (AvgIpc) is 3.41. The predicted octanol–water partition coefficient (Wildman–Crippen LogP) is 3.32. The van der Waals surface area contributed by atoms with Gasteiger partial charge in [-0.25, -0.2) is 4.68 Å². The number of aromatic nitrogens is 6. The molecule has 1 amide bonds. The number of rotatable bonds is 6. The molecule has 0 spiro atoms. The second-order valence-electron chi connectivity index (χ2n) is 7.05. The number of carbonyl (C=O) groups excluding carboxylic acids is 1. The number of amides is 1. The van der Waals surface area contributed by atoms with E-state index < -0.39 is 0 Å². The lowest BCUT2D eigenvalue weighted by molar-refractivity contribution is -0.113. The van der Waals surface area contributed by atoms with Crippen molar-refractivity contribution in [2.75, 3.05) is 11.1 Å². The summed E-state index contributed by atoms with van der Waals surface area (Å²) in [6.07, 6.45) is 6.40. The number of aryl methyl sites for hydroxylation is 2. The Balaban J connectivity index is 1.43. The minimum absolute atomic E-state index is 0.0965. The highest BCUT2D eigenvalue weighted by molar-refractivity contribution is 7.99. The molecule has 0 radical (unpaired) electrons. The summed E-state index contributed by atoms with van der Waals surface area (Å²) in [5.41, 5.74) is 3.12. The van der Waals surface area contributed by atoms with E-state index in [1.807, 2.05) is 42.8 Å². The molecule has 9 heteroatoms. The molecule has 0 atom stereocenters. The van der Waals surface area contributed by atoms with E-state index in [1.165, 1.54) is 24.6 Å². The van der Waals surface area contributed by atoms with Crippen molar-refractivity contribution in [2.45, 2.75) is 50.7 Å². The summed E-state index contributed by atoms with van der Waals surface area (Å²) in [5, 5.41) is 20.0. The van der Waals surface area contributed by atoms with Crippen LogP contribution in [-0.2, 0) is 4.79 Å². The molecule has 0 saturated heterocycles. The molecule has 4 rings (SSSR count). The van der Waals surface area contributed by atoms with Crippen molar-refractivity contribution in [3.63, 3.8) is 0 Å². The average molecular weight is 398 g/mol. The van der Waals surface area contributed by atoms with Gasteiger partial charge in [0.15, 0.2) is 0 Å². The Morgan fingerprint density at radius 3 is 2.71 bits per heavy atom. The fourth-order valence-corrected chi connectivity index (χ4v) is 4.39. The largest absolute Gasteiger partial charge is 0.310 e. The van der Waals surface area contributed by atoms with Crippen molar-refractivity contribution in [3.05, 3.63) is 41.6 Å². The van der Waals surface area contributed by atoms with E-state index in [1.54, 1.807) is 10.9 Å². The van der Waals surface area contributed by atoms with Crippen LogP contribution in [0, 0.1) is 13.8 Å². The number of thioether (sulfide) groups is 1. The molecular weight excluding hydrogens is 374 g/mol. The van der Waals surface area contributed by atoms with E-state index in [-0.39, 0.29) is 11.7 Å². The fourth-order valence-electron chi connectivity index (χ4n) is 3.71. The lowest BCUT2D eigenvalue weighted by Crippen LogP contribution is -2.19. The second-order valence-corrected chi connectivity index (χ2v) is 7.99. The van der Waals surface area contributed by atoms with Gasteiger partial charge in [-0.05, 0) is 48.2 Å². The molecule has 0 bridgehead atoms. The molecule has 1 aliphatic rings. The van der Waals surface area contributed by atoms with Crippen LogP contribution in [0.15, 0.2) is 35.6 Å². The number of anilines is 1. The summed E-state index contributed by atoms with van der Waals surface area (Å²) in [7, 11) is 0. The van der Waals surface area contributed by atoms with Gasteiger partial charge < -0.3 is 5.32 Å². The zero-order valence-electron chi connectivity index (χ0n) is 16.0. The molecule has 3 aromatic rings. The van der Waals surface area contributed by atoms with Crippen molar-refractivity contribution in [2.24, 2.45) is 0 Å². The molecule has 146 valence electrons. The van der Waals surface area contributed by atoms with Crippen LogP contribution >= 0.6 is 11.8 Å². The predicted molar refractivity (Wildman–Crippen MR) is 108 cm³/mol. The Labute approximate surface area is 167 Å². The number of carbonyl (C=O) groups is 1. The molecule has 0 unspecified atom stereocenters. The minimum Gasteiger partial charge on any atom is -0.310 e. The van der Waals surface area contributed by atoms with E-state index in [0.717, 1.165) is 35.5 Å². The van der Waals surface area contributed by atoms with Gasteiger partial charge in [-0.3, -0.25) is 4.79 Å². The number of hydrogen-bond donors (Lipinski definition) is 1. The molecule has 1 N–H and O–H groups in total. The van der Waals surface area contributed by atoms with Crippen molar-refractivity contribution in [1.29, 1.82) is 0 Å². The Morgan fingerprint density at radius 1 is 1.21 bits per heavy atom. The number of benzene rings is 1. The van der Waals surface area contributed by atoms with E-state index in [0.29, 0.717) is 11.2 Å². The van der Waals surface area contributed by atoms with Crippen LogP contribution in [0.25, 0.3) is 5.69 Å². The van der Waals surface area contributed by atoms with Gasteiger partial charge in [0.25, 0.3) is 0 Å². The monoisotopic (exact) mass is 397 g/mol. The standard InChI is InChI=1S/C19H23N7OS/c1-13-6-5-7-14(2)18(13)26-19(22-23-24-26)28-12-17(27)21-16-10-11-20-25(16)15-8-3-4-9-15/h5-7,10-11,15H,3-4,8-9,12H2,1-2H3,(H,21,27). The van der Waals surface area contributed by atoms with E-state index in [4.69, 9.17) is 0 Å². The van der Waals surface area contributed by atoms with Crippen molar-refractivity contribution < 1.29 is 4.79 Å². The number of tetrazole rings is 1. The van der Waals surface area contributed by atoms with E-state index >= 15 is 0 Å². The molecule has 1 saturated carbocycles. The molecule has 8 nitrogen and oxygen atoms in total. The number of nitrogens with one attached hydrogen (secondary N) is 1. The summed E-state index contributed by atoms with van der Waals surface area (Å²) in [6.45, 7) is 4.05. The van der Waals surface area contributed by atoms with Gasteiger partial charge in [0.2, 0.25) is 11.1 Å². The van der Waals surface area contributed by atoms with Crippen molar-refractivity contribution in [1.82, 2.24) is 30.0 Å². The Morgan fingerprint density at radius 2 is 1.96 bits per heavy atom. The van der Waals surface area contributed by atoms with Gasteiger partial charge in [0, 0.05) is 6.07 Å². The molecule has 1 aliphatic carbocycles. The second kappa shape index (κ2) is 8.14. The highest BCUT2D eigenvalue weighted by Gasteiger charge is 2.21. The van der Waals surface area contributed by atoms with Gasteiger partial charge in [0.05, 0.1) is 23.7 Å². The van der Waals surface area contributed by atoms with Gasteiger partial charge in [-0.15, -0.1) is 5.10 Å². The Bertz CT molecular complexity index is 954. The Hall–Kier alpha value is -2.68. The van der Waals surface area contributed by atoms with Crippen LogP contribution in [0.3, 0.4) is 0 Å². The molecule has 1 fully saturated rings. The maximum atomic E-state index is 12.5. The molecule has 2 heterocycles. The first kappa shape index (κ1) is 18.7. The van der Waals surface area contributed by atoms with Crippen LogP contribution in [-0.4, -0.2) is 41.6 Å². The van der Waals surface area contributed by atoms with Crippen LogP contribution in [0.1, 0.15) is 42.9 Å². The van der Waals surface area contributed by atoms with Crippen LogP contribution < -0.4 is 5.32 Å². The summed E-state index contributed by atoms with van der Waals surface area (Å²) in [5.74, 6) is 0.883. The summed E-state index contributed by atoms with van der Waals surface area (Å²) in [4.78, 5) is 12.5. The summed E-state index contributed by atoms with van der Waals surface area (Å²) >= 11 is 1.32. The van der Waals surface area contributed by atoms with Gasteiger partial charge >= 0.3 is 0 Å². The van der Waals surface area contributed by atoms with E-state index in [9.17, 15) is 4.79 Å². The highest BCUT2D eigenvalue weighted by atomic mass is 32.2. The molecule has 2 aromatic heterocycles. The first-order valence-corrected chi connectivity index (χ1v) is 10.4. The zero-order valence-corrected chi connectivity index (χ0v) is 16.8. The van der Waals surface area contributed by atoms with Crippen molar-refractivity contribution in [3.8, 4) is 5.69 Å². The summed E-state index contributed by atoms with van der Waals surface area (Å²) in [6, 6.07) is 8.28. The quantitative estimate of drug-likeness (QED) is 0.642. The third-order valence-corrected chi connectivity index (χ3v) is 5.95. The zero-order chi connectivity index (χ0) is 19.5. The van der Waals surface area contributed by atoms with Crippen molar-refractivity contribution >= 4 is 23.5 Å². The Kier molecular flexibility index (Phi) is 5.43. The number of para-hydroxylation sites is 1. The first-order valence-electron chi connectivity index (χ1n) is 9.44. The summed E-state index contributed by atoms with van der Waals surface area (Å²) < 4.78 is 3.64. The van der Waals surface area contributed by atoms with Gasteiger partial charge in [0.1, 0.15) is 5.82 Å². The van der Waals surface area contributed by atoms with Crippen LogP contribution in [0.4, 0.5) is 5.82 Å². The molecular formula is C19H23N7OS. The number of hydrogen-bond acceptors (Lipinski definition) is 6. The van der Waals surface area contributed by atoms with Crippen LogP contribution in [0.5, 0.6) is 0 Å². The number of nitrogens with zero attached hydrogens (tertiary/aromatic N) is 6. The maximum absolute atomic E-state index is 12.5. The molecule has 0 aliphatic heterocycles. The lowest BCUT2D eigenvalue weighted by atomic mass is 10.1. The molecule has 28 heavy (non-hydrogen) atoms. The smallest absolute Gasteiger partial charge is 0.235 e. The topological polar surface area (TPSA) is 90.5 Å². The highest BCUT2D eigenvalue weighted by Crippen LogP contribution is 2.31. The van der Waals surface area contributed by atoms with Gasteiger partial charge in [-0.1, -0.05) is 42.8 Å². The first-order chi connectivity index (χ1) is 13.6. The fraction of sp³-hybridized carbons (Fsp3) is 0.421.